The van der Waals surface area contributed by atoms with E-state index in [1.54, 1.807) is 7.05 Å². The monoisotopic (exact) mass is 512 g/mol. The van der Waals surface area contributed by atoms with E-state index in [4.69, 9.17) is 4.74 Å². The summed E-state index contributed by atoms with van der Waals surface area (Å²) in [5, 5.41) is 6.68. The van der Waals surface area contributed by atoms with Crippen LogP contribution in [0.2, 0.25) is 0 Å². The predicted molar refractivity (Wildman–Crippen MR) is 129 cm³/mol. The molecule has 0 saturated carbocycles. The lowest BCUT2D eigenvalue weighted by atomic mass is 10.2. The summed E-state index contributed by atoms with van der Waals surface area (Å²) in [6.07, 6.45) is 2.04. The van der Waals surface area contributed by atoms with Crippen molar-refractivity contribution in [2.75, 3.05) is 39.8 Å². The van der Waals surface area contributed by atoms with Gasteiger partial charge < -0.3 is 20.4 Å². The highest BCUT2D eigenvalue weighted by Crippen LogP contribution is 2.15. The molecule has 1 aromatic carbocycles. The second-order valence-corrected chi connectivity index (χ2v) is 7.56. The number of H-pyrrole nitrogens is 1. The Balaban J connectivity index is 0.00000300. The van der Waals surface area contributed by atoms with Crippen LogP contribution in [0.25, 0.3) is 11.3 Å². The first-order valence-corrected chi connectivity index (χ1v) is 10.0. The Hall–Kier alpha value is -1.65. The molecule has 1 saturated heterocycles. The number of hydrogen-bond acceptors (Lipinski definition) is 4. The van der Waals surface area contributed by atoms with Gasteiger partial charge in [-0.05, 0) is 11.5 Å². The molecule has 0 spiro atoms. The Labute approximate surface area is 190 Å². The fraction of sp³-hybridized carbons (Fsp3) is 0.524. The maximum atomic E-state index is 5.89. The number of benzene rings is 1. The molecule has 29 heavy (non-hydrogen) atoms. The molecule has 1 atom stereocenters. The molecule has 0 radical (unpaired) electrons. The number of ether oxygens (including phenoxy) is 1. The van der Waals surface area contributed by atoms with E-state index in [9.17, 15) is 0 Å². The van der Waals surface area contributed by atoms with Crippen LogP contribution in [-0.2, 0) is 11.3 Å². The molecule has 7 nitrogen and oxygen atoms in total. The van der Waals surface area contributed by atoms with Crippen LogP contribution in [0, 0.1) is 5.92 Å². The van der Waals surface area contributed by atoms with Gasteiger partial charge in [-0.3, -0.25) is 9.89 Å². The lowest BCUT2D eigenvalue weighted by Crippen LogP contribution is -2.50. The third-order valence-corrected chi connectivity index (χ3v) is 4.70. The quantitative estimate of drug-likeness (QED) is 0.302. The van der Waals surface area contributed by atoms with Gasteiger partial charge in [-0.15, -0.1) is 24.0 Å². The molecule has 0 amide bonds. The third kappa shape index (κ3) is 7.60. The molecule has 3 N–H and O–H groups in total. The highest BCUT2D eigenvalue weighted by atomic mass is 127. The molecule has 1 aliphatic heterocycles. The Bertz CT molecular complexity index is 749. The number of rotatable bonds is 7. The SMILES string of the molecule is CN=C(NCc1ncc(-c2ccccc2)[nH]1)NCC1CN(CC(C)C)CCO1.I. The Morgan fingerprint density at radius 2 is 2.10 bits per heavy atom. The number of morpholine rings is 1. The second kappa shape index (κ2) is 12.1. The molecular formula is C21H33IN6O. The third-order valence-electron chi connectivity index (χ3n) is 4.70. The van der Waals surface area contributed by atoms with Gasteiger partial charge in [0.2, 0.25) is 0 Å². The van der Waals surface area contributed by atoms with Gasteiger partial charge in [0.15, 0.2) is 5.96 Å². The Morgan fingerprint density at radius 1 is 1.31 bits per heavy atom. The maximum absolute atomic E-state index is 5.89. The van der Waals surface area contributed by atoms with E-state index in [1.165, 1.54) is 0 Å². The van der Waals surface area contributed by atoms with Crippen molar-refractivity contribution in [2.45, 2.75) is 26.5 Å². The van der Waals surface area contributed by atoms with Gasteiger partial charge in [-0.2, -0.15) is 0 Å². The van der Waals surface area contributed by atoms with E-state index in [0.717, 1.165) is 55.8 Å². The summed E-state index contributed by atoms with van der Waals surface area (Å²) in [6.45, 7) is 9.72. The van der Waals surface area contributed by atoms with E-state index >= 15 is 0 Å². The molecule has 1 fully saturated rings. The van der Waals surface area contributed by atoms with Gasteiger partial charge >= 0.3 is 0 Å². The van der Waals surface area contributed by atoms with Crippen molar-refractivity contribution in [3.05, 3.63) is 42.4 Å². The molecule has 160 valence electrons. The number of guanidine groups is 1. The van der Waals surface area contributed by atoms with Crippen LogP contribution in [0.15, 0.2) is 41.5 Å². The Kier molecular flexibility index (Phi) is 9.89. The van der Waals surface area contributed by atoms with E-state index in [1.807, 2.05) is 24.4 Å². The highest BCUT2D eigenvalue weighted by Gasteiger charge is 2.21. The van der Waals surface area contributed by atoms with Crippen LogP contribution in [-0.4, -0.2) is 66.8 Å². The minimum Gasteiger partial charge on any atom is -0.374 e. The molecule has 3 rings (SSSR count). The average Bonchev–Trinajstić information content (AvgIpc) is 3.18. The maximum Gasteiger partial charge on any atom is 0.191 e. The summed E-state index contributed by atoms with van der Waals surface area (Å²) in [4.78, 5) is 14.6. The van der Waals surface area contributed by atoms with Crippen molar-refractivity contribution in [1.29, 1.82) is 0 Å². The molecular weight excluding hydrogens is 479 g/mol. The average molecular weight is 512 g/mol. The molecule has 1 aromatic heterocycles. The fourth-order valence-corrected chi connectivity index (χ4v) is 3.40. The zero-order chi connectivity index (χ0) is 19.8. The minimum absolute atomic E-state index is 0. The van der Waals surface area contributed by atoms with E-state index < -0.39 is 0 Å². The highest BCUT2D eigenvalue weighted by molar-refractivity contribution is 14.0. The van der Waals surface area contributed by atoms with Gasteiger partial charge in [-0.25, -0.2) is 4.98 Å². The minimum atomic E-state index is 0. The summed E-state index contributed by atoms with van der Waals surface area (Å²) in [7, 11) is 1.78. The van der Waals surface area contributed by atoms with E-state index in [2.05, 4.69) is 56.5 Å². The van der Waals surface area contributed by atoms with Crippen LogP contribution in [0.1, 0.15) is 19.7 Å². The van der Waals surface area contributed by atoms with Gasteiger partial charge in [0.1, 0.15) is 5.82 Å². The van der Waals surface area contributed by atoms with Crippen LogP contribution in [0.3, 0.4) is 0 Å². The smallest absolute Gasteiger partial charge is 0.191 e. The molecule has 1 unspecified atom stereocenters. The zero-order valence-corrected chi connectivity index (χ0v) is 19.8. The van der Waals surface area contributed by atoms with E-state index in [0.29, 0.717) is 12.5 Å². The molecule has 1 aliphatic rings. The summed E-state index contributed by atoms with van der Waals surface area (Å²) in [5.41, 5.74) is 2.14. The Morgan fingerprint density at radius 3 is 2.83 bits per heavy atom. The van der Waals surface area contributed by atoms with Crippen molar-refractivity contribution in [1.82, 2.24) is 25.5 Å². The number of aromatic nitrogens is 2. The first kappa shape index (κ1) is 23.6. The van der Waals surface area contributed by atoms with E-state index in [-0.39, 0.29) is 30.1 Å². The molecule has 2 aromatic rings. The summed E-state index contributed by atoms with van der Waals surface area (Å²) < 4.78 is 5.89. The summed E-state index contributed by atoms with van der Waals surface area (Å²) in [6, 6.07) is 10.2. The predicted octanol–water partition coefficient (Wildman–Crippen LogP) is 2.72. The van der Waals surface area contributed by atoms with Crippen LogP contribution in [0.4, 0.5) is 0 Å². The van der Waals surface area contributed by atoms with Crippen molar-refractivity contribution in [3.8, 4) is 11.3 Å². The van der Waals surface area contributed by atoms with Gasteiger partial charge in [-0.1, -0.05) is 44.2 Å². The van der Waals surface area contributed by atoms with Crippen LogP contribution >= 0.6 is 24.0 Å². The summed E-state index contributed by atoms with van der Waals surface area (Å²) in [5.74, 6) is 2.30. The number of nitrogens with zero attached hydrogens (tertiary/aromatic N) is 3. The normalized spacial score (nSPS) is 17.8. The summed E-state index contributed by atoms with van der Waals surface area (Å²) >= 11 is 0. The van der Waals surface area contributed by atoms with Gasteiger partial charge in [0, 0.05) is 33.2 Å². The molecule has 2 heterocycles. The lowest BCUT2D eigenvalue weighted by Gasteiger charge is -2.34. The zero-order valence-electron chi connectivity index (χ0n) is 17.5. The molecule has 0 bridgehead atoms. The van der Waals surface area contributed by atoms with Crippen LogP contribution < -0.4 is 10.6 Å². The number of aliphatic imine (C=N–C) groups is 1. The molecule has 0 aliphatic carbocycles. The lowest BCUT2D eigenvalue weighted by molar-refractivity contribution is -0.0284. The standard InChI is InChI=1S/C21H32N6O.HI/c1-16(2)14-27-9-10-28-18(15-27)11-24-21(22-3)25-13-20-23-12-19(26-20)17-7-5-4-6-8-17;/h4-8,12,16,18H,9-11,13-15H2,1-3H3,(H,23,26)(H2,22,24,25);1H. The van der Waals surface area contributed by atoms with Crippen molar-refractivity contribution in [2.24, 2.45) is 10.9 Å². The second-order valence-electron chi connectivity index (χ2n) is 7.56. The topological polar surface area (TPSA) is 77.6 Å². The van der Waals surface area contributed by atoms with Crippen molar-refractivity contribution in [3.63, 3.8) is 0 Å². The first-order chi connectivity index (χ1) is 13.6. The van der Waals surface area contributed by atoms with Gasteiger partial charge in [0.25, 0.3) is 0 Å². The number of aromatic amines is 1. The van der Waals surface area contributed by atoms with Crippen molar-refractivity contribution >= 4 is 29.9 Å². The largest absolute Gasteiger partial charge is 0.374 e. The number of halogens is 1. The first-order valence-electron chi connectivity index (χ1n) is 10.0. The number of imidazole rings is 1. The van der Waals surface area contributed by atoms with Crippen LogP contribution in [0.5, 0.6) is 0 Å². The fourth-order valence-electron chi connectivity index (χ4n) is 3.40. The number of hydrogen-bond donors (Lipinski definition) is 3. The van der Waals surface area contributed by atoms with Gasteiger partial charge in [0.05, 0.1) is 31.1 Å². The van der Waals surface area contributed by atoms with Crippen molar-refractivity contribution < 1.29 is 4.74 Å². The molecule has 8 heteroatoms. The number of nitrogens with one attached hydrogen (secondary N) is 3.